The monoisotopic (exact) mass is 259 g/mol. The van der Waals surface area contributed by atoms with Gasteiger partial charge in [0.25, 0.3) is 5.69 Å². The maximum Gasteiger partial charge on any atom is 0.274 e. The van der Waals surface area contributed by atoms with Crippen molar-refractivity contribution in [1.29, 1.82) is 0 Å². The maximum absolute atomic E-state index is 11.2. The zero-order valence-electron chi connectivity index (χ0n) is 9.30. The number of hydrogen-bond donors (Lipinski definition) is 2. The van der Waals surface area contributed by atoms with Crippen LogP contribution in [-0.2, 0) is 11.3 Å². The van der Waals surface area contributed by atoms with Gasteiger partial charge in [-0.1, -0.05) is 18.2 Å². The Bertz CT molecular complexity index is 398. The lowest BCUT2D eigenvalue weighted by atomic mass is 10.2. The Hall–Kier alpha value is -1.66. The molecule has 1 aromatic carbocycles. The summed E-state index contributed by atoms with van der Waals surface area (Å²) in [5.74, 6) is -0.194. The minimum Gasteiger partial charge on any atom is -0.351 e. The first-order valence-electron chi connectivity index (χ1n) is 4.78. The van der Waals surface area contributed by atoms with E-state index in [4.69, 9.17) is 0 Å². The minimum atomic E-state index is -0.459. The zero-order chi connectivity index (χ0) is 12.0. The molecule has 1 rings (SSSR count). The summed E-state index contributed by atoms with van der Waals surface area (Å²) >= 11 is 0. The van der Waals surface area contributed by atoms with Crippen LogP contribution in [0.4, 0.5) is 5.69 Å². The smallest absolute Gasteiger partial charge is 0.274 e. The third-order valence-electron chi connectivity index (χ3n) is 2.00. The van der Waals surface area contributed by atoms with E-state index in [1.54, 1.807) is 25.2 Å². The van der Waals surface area contributed by atoms with Crippen LogP contribution in [0.15, 0.2) is 24.3 Å². The van der Waals surface area contributed by atoms with Gasteiger partial charge < -0.3 is 10.6 Å². The quantitative estimate of drug-likeness (QED) is 0.607. The van der Waals surface area contributed by atoms with Gasteiger partial charge in [-0.15, -0.1) is 12.4 Å². The Morgan fingerprint density at radius 1 is 1.41 bits per heavy atom. The third-order valence-corrected chi connectivity index (χ3v) is 2.00. The second-order valence-electron chi connectivity index (χ2n) is 3.19. The number of likely N-dealkylation sites (N-methyl/N-ethyl adjacent to an activating group) is 1. The van der Waals surface area contributed by atoms with Crippen molar-refractivity contribution in [2.24, 2.45) is 0 Å². The molecule has 0 unspecified atom stereocenters. The molecule has 17 heavy (non-hydrogen) atoms. The number of benzene rings is 1. The fourth-order valence-corrected chi connectivity index (χ4v) is 1.26. The average Bonchev–Trinajstić information content (AvgIpc) is 2.27. The first kappa shape index (κ1) is 15.3. The van der Waals surface area contributed by atoms with Crippen molar-refractivity contribution in [2.75, 3.05) is 13.6 Å². The molecular weight excluding hydrogens is 246 g/mol. The minimum absolute atomic E-state index is 0. The van der Waals surface area contributed by atoms with Crippen LogP contribution in [0.2, 0.25) is 0 Å². The number of para-hydroxylation sites is 1. The fraction of sp³-hybridized carbons (Fsp3) is 0.300. The molecule has 1 aromatic rings. The molecule has 0 spiro atoms. The van der Waals surface area contributed by atoms with Gasteiger partial charge in [-0.3, -0.25) is 14.9 Å². The number of nitrogens with zero attached hydrogens (tertiary/aromatic N) is 1. The number of carbonyl (C=O) groups excluding carboxylic acids is 1. The van der Waals surface area contributed by atoms with Gasteiger partial charge in [0.1, 0.15) is 0 Å². The van der Waals surface area contributed by atoms with Gasteiger partial charge in [-0.05, 0) is 7.05 Å². The zero-order valence-corrected chi connectivity index (χ0v) is 10.1. The predicted molar refractivity (Wildman–Crippen MR) is 66.1 cm³/mol. The lowest BCUT2D eigenvalue weighted by Gasteiger charge is -2.05. The first-order valence-corrected chi connectivity index (χ1v) is 4.78. The summed E-state index contributed by atoms with van der Waals surface area (Å²) in [6.07, 6.45) is 0. The standard InChI is InChI=1S/C10H13N3O3.ClH/c1-11-7-10(14)12-6-8-4-2-3-5-9(8)13(15)16;/h2-5,11H,6-7H2,1H3,(H,12,14);1H. The van der Waals surface area contributed by atoms with E-state index < -0.39 is 4.92 Å². The van der Waals surface area contributed by atoms with Crippen LogP contribution in [-0.4, -0.2) is 24.4 Å². The molecule has 0 bridgehead atoms. The number of nitro groups is 1. The molecule has 0 radical (unpaired) electrons. The van der Waals surface area contributed by atoms with E-state index in [0.29, 0.717) is 5.56 Å². The average molecular weight is 260 g/mol. The highest BCUT2D eigenvalue weighted by atomic mass is 35.5. The molecule has 0 aliphatic rings. The van der Waals surface area contributed by atoms with Gasteiger partial charge in [0.05, 0.1) is 11.5 Å². The number of halogens is 1. The van der Waals surface area contributed by atoms with Crippen molar-refractivity contribution >= 4 is 24.0 Å². The molecule has 2 N–H and O–H groups in total. The third kappa shape index (κ3) is 4.80. The highest BCUT2D eigenvalue weighted by Crippen LogP contribution is 2.16. The SMILES string of the molecule is CNCC(=O)NCc1ccccc1[N+](=O)[O-].Cl. The maximum atomic E-state index is 11.2. The van der Waals surface area contributed by atoms with E-state index in [-0.39, 0.29) is 37.1 Å². The van der Waals surface area contributed by atoms with Gasteiger partial charge in [0.2, 0.25) is 5.91 Å². The molecule has 0 aromatic heterocycles. The number of amides is 1. The number of nitrogens with one attached hydrogen (secondary N) is 2. The van der Waals surface area contributed by atoms with Crippen molar-refractivity contribution in [1.82, 2.24) is 10.6 Å². The van der Waals surface area contributed by atoms with Crippen LogP contribution in [0.3, 0.4) is 0 Å². The highest BCUT2D eigenvalue weighted by Gasteiger charge is 2.12. The second kappa shape index (κ2) is 7.59. The van der Waals surface area contributed by atoms with E-state index >= 15 is 0 Å². The van der Waals surface area contributed by atoms with Crippen molar-refractivity contribution in [3.8, 4) is 0 Å². The molecule has 0 aliphatic heterocycles. The molecule has 0 fully saturated rings. The van der Waals surface area contributed by atoms with Crippen LogP contribution in [0.5, 0.6) is 0 Å². The number of hydrogen-bond acceptors (Lipinski definition) is 4. The van der Waals surface area contributed by atoms with E-state index in [2.05, 4.69) is 10.6 Å². The second-order valence-corrected chi connectivity index (χ2v) is 3.19. The van der Waals surface area contributed by atoms with Gasteiger partial charge >= 0.3 is 0 Å². The first-order chi connectivity index (χ1) is 7.65. The number of nitro benzene ring substituents is 1. The van der Waals surface area contributed by atoms with Crippen LogP contribution < -0.4 is 10.6 Å². The molecule has 0 atom stereocenters. The van der Waals surface area contributed by atoms with Gasteiger partial charge in [0.15, 0.2) is 0 Å². The van der Waals surface area contributed by atoms with Crippen molar-refractivity contribution in [3.05, 3.63) is 39.9 Å². The molecule has 0 aliphatic carbocycles. The molecule has 0 heterocycles. The lowest BCUT2D eigenvalue weighted by Crippen LogP contribution is -2.31. The summed E-state index contributed by atoms with van der Waals surface area (Å²) in [7, 11) is 1.66. The molecule has 0 saturated heterocycles. The van der Waals surface area contributed by atoms with Gasteiger partial charge in [0, 0.05) is 18.2 Å². The largest absolute Gasteiger partial charge is 0.351 e. The van der Waals surface area contributed by atoms with E-state index in [0.717, 1.165) is 0 Å². The number of rotatable bonds is 5. The topological polar surface area (TPSA) is 84.3 Å². The molecular formula is C10H14ClN3O3. The summed E-state index contributed by atoms with van der Waals surface area (Å²) in [5, 5.41) is 16.0. The Balaban J connectivity index is 0.00000256. The molecule has 0 saturated carbocycles. The van der Waals surface area contributed by atoms with Crippen molar-refractivity contribution in [2.45, 2.75) is 6.54 Å². The van der Waals surface area contributed by atoms with E-state index in [1.165, 1.54) is 6.07 Å². The Kier molecular flexibility index (Phi) is 6.85. The summed E-state index contributed by atoms with van der Waals surface area (Å²) < 4.78 is 0. The predicted octanol–water partition coefficient (Wildman–Crippen LogP) is 0.852. The van der Waals surface area contributed by atoms with Gasteiger partial charge in [-0.2, -0.15) is 0 Å². The molecule has 94 valence electrons. The van der Waals surface area contributed by atoms with Crippen molar-refractivity contribution < 1.29 is 9.72 Å². The molecule has 1 amide bonds. The Labute approximate surface area is 105 Å². The van der Waals surface area contributed by atoms with Crippen LogP contribution >= 0.6 is 12.4 Å². The van der Waals surface area contributed by atoms with Crippen LogP contribution in [0.1, 0.15) is 5.56 Å². The fourth-order valence-electron chi connectivity index (χ4n) is 1.26. The summed E-state index contributed by atoms with van der Waals surface area (Å²) in [6.45, 7) is 0.359. The molecule has 7 heteroatoms. The van der Waals surface area contributed by atoms with Crippen LogP contribution in [0, 0.1) is 10.1 Å². The Morgan fingerprint density at radius 2 is 2.06 bits per heavy atom. The lowest BCUT2D eigenvalue weighted by molar-refractivity contribution is -0.385. The summed E-state index contributed by atoms with van der Waals surface area (Å²) in [4.78, 5) is 21.4. The number of carbonyl (C=O) groups is 1. The van der Waals surface area contributed by atoms with Crippen LogP contribution in [0.25, 0.3) is 0 Å². The van der Waals surface area contributed by atoms with E-state index in [9.17, 15) is 14.9 Å². The van der Waals surface area contributed by atoms with Crippen molar-refractivity contribution in [3.63, 3.8) is 0 Å². The van der Waals surface area contributed by atoms with Gasteiger partial charge in [-0.25, -0.2) is 0 Å². The molecule has 6 nitrogen and oxygen atoms in total. The Morgan fingerprint density at radius 3 is 2.65 bits per heavy atom. The normalized spacial score (nSPS) is 9.24. The summed E-state index contributed by atoms with van der Waals surface area (Å²) in [5.41, 5.74) is 0.518. The highest BCUT2D eigenvalue weighted by molar-refractivity contribution is 5.85. The van der Waals surface area contributed by atoms with E-state index in [1.807, 2.05) is 0 Å². The summed E-state index contributed by atoms with van der Waals surface area (Å²) in [6, 6.07) is 6.33.